The van der Waals surface area contributed by atoms with Crippen LogP contribution in [0.15, 0.2) is 24.3 Å². The molecule has 0 spiro atoms. The average molecular weight is 333 g/mol. The second kappa shape index (κ2) is 8.83. The molecule has 1 aromatic rings. The van der Waals surface area contributed by atoms with Crippen LogP contribution in [-0.2, 0) is 20.9 Å². The van der Waals surface area contributed by atoms with Crippen LogP contribution in [0.3, 0.4) is 0 Å². The Labute approximate surface area is 143 Å². The molecular formula is C19H27NO4. The maximum atomic E-state index is 12.0. The first-order valence-corrected chi connectivity index (χ1v) is 8.55. The molecule has 1 N–H and O–H groups in total. The molecule has 132 valence electrons. The minimum absolute atomic E-state index is 0.174. The lowest BCUT2D eigenvalue weighted by Crippen LogP contribution is -2.45. The number of rotatable bonds is 6. The minimum atomic E-state index is -0.487. The van der Waals surface area contributed by atoms with E-state index in [1.54, 1.807) is 19.2 Å². The number of esters is 1. The zero-order valence-corrected chi connectivity index (χ0v) is 14.7. The van der Waals surface area contributed by atoms with E-state index in [-0.39, 0.29) is 18.6 Å². The van der Waals surface area contributed by atoms with E-state index in [4.69, 9.17) is 9.47 Å². The van der Waals surface area contributed by atoms with Crippen LogP contribution in [0.2, 0.25) is 0 Å². The molecule has 2 rings (SSSR count). The molecule has 0 unspecified atom stereocenters. The Morgan fingerprint density at radius 2 is 1.88 bits per heavy atom. The average Bonchev–Trinajstić information content (AvgIpc) is 2.58. The lowest BCUT2D eigenvalue weighted by atomic mass is 9.78. The highest BCUT2D eigenvalue weighted by Gasteiger charge is 2.28. The third-order valence-electron chi connectivity index (χ3n) is 4.89. The van der Waals surface area contributed by atoms with Crippen molar-refractivity contribution in [2.75, 3.05) is 13.7 Å². The van der Waals surface area contributed by atoms with Gasteiger partial charge in [0.05, 0.1) is 12.2 Å². The molecule has 1 saturated carbocycles. The number of ether oxygens (including phenoxy) is 2. The predicted octanol–water partition coefficient (Wildman–Crippen LogP) is 2.93. The summed E-state index contributed by atoms with van der Waals surface area (Å²) < 4.78 is 10.1. The van der Waals surface area contributed by atoms with Crippen molar-refractivity contribution < 1.29 is 19.1 Å². The van der Waals surface area contributed by atoms with Gasteiger partial charge in [0.25, 0.3) is 5.91 Å². The molecule has 3 atom stereocenters. The summed E-state index contributed by atoms with van der Waals surface area (Å²) in [5.41, 5.74) is 1.41. The summed E-state index contributed by atoms with van der Waals surface area (Å²) in [6.45, 7) is 4.64. The lowest BCUT2D eigenvalue weighted by molar-refractivity contribution is -0.125. The van der Waals surface area contributed by atoms with E-state index in [9.17, 15) is 9.59 Å². The molecule has 24 heavy (non-hydrogen) atoms. The number of benzene rings is 1. The summed E-state index contributed by atoms with van der Waals surface area (Å²) in [6, 6.07) is 7.16. The number of hydrogen-bond donors (Lipinski definition) is 1. The van der Waals surface area contributed by atoms with E-state index in [0.29, 0.717) is 24.0 Å². The van der Waals surface area contributed by atoms with Gasteiger partial charge in [-0.25, -0.2) is 4.79 Å². The first kappa shape index (κ1) is 18.5. The Morgan fingerprint density at radius 1 is 1.17 bits per heavy atom. The van der Waals surface area contributed by atoms with Gasteiger partial charge >= 0.3 is 5.97 Å². The number of amides is 1. The first-order chi connectivity index (χ1) is 11.5. The zero-order chi connectivity index (χ0) is 17.5. The Bertz CT molecular complexity index is 555. The van der Waals surface area contributed by atoms with E-state index in [1.165, 1.54) is 6.42 Å². The van der Waals surface area contributed by atoms with Gasteiger partial charge in [-0.1, -0.05) is 38.8 Å². The van der Waals surface area contributed by atoms with Gasteiger partial charge in [-0.05, 0) is 36.0 Å². The number of nitrogens with one attached hydrogen (secondary N) is 1. The van der Waals surface area contributed by atoms with Crippen LogP contribution in [0, 0.1) is 11.8 Å². The van der Waals surface area contributed by atoms with Gasteiger partial charge in [0, 0.05) is 13.2 Å². The molecule has 0 bridgehead atoms. The van der Waals surface area contributed by atoms with E-state index >= 15 is 0 Å². The van der Waals surface area contributed by atoms with Crippen molar-refractivity contribution in [3.05, 3.63) is 35.4 Å². The van der Waals surface area contributed by atoms with Crippen molar-refractivity contribution >= 4 is 11.9 Å². The zero-order valence-electron chi connectivity index (χ0n) is 14.7. The molecular weight excluding hydrogens is 306 g/mol. The van der Waals surface area contributed by atoms with Crippen molar-refractivity contribution in [2.45, 2.75) is 45.8 Å². The van der Waals surface area contributed by atoms with Gasteiger partial charge in [-0.15, -0.1) is 0 Å². The first-order valence-electron chi connectivity index (χ1n) is 8.55. The molecule has 0 aliphatic heterocycles. The monoisotopic (exact) mass is 333 g/mol. The number of methoxy groups -OCH3 is 1. The molecule has 1 fully saturated rings. The van der Waals surface area contributed by atoms with Gasteiger partial charge in [0.1, 0.15) is 0 Å². The highest BCUT2D eigenvalue weighted by atomic mass is 16.5. The summed E-state index contributed by atoms with van der Waals surface area (Å²) in [5, 5.41) is 3.00. The van der Waals surface area contributed by atoms with Crippen LogP contribution in [0.5, 0.6) is 0 Å². The summed E-state index contributed by atoms with van der Waals surface area (Å²) in [5.74, 6) is 0.341. The summed E-state index contributed by atoms with van der Waals surface area (Å²) in [4.78, 5) is 24.0. The molecule has 5 heteroatoms. The van der Waals surface area contributed by atoms with Crippen molar-refractivity contribution in [1.29, 1.82) is 0 Å². The number of carbonyl (C=O) groups is 2. The molecule has 0 aromatic heterocycles. The van der Waals surface area contributed by atoms with Crippen LogP contribution in [0.25, 0.3) is 0 Å². The molecule has 0 heterocycles. The van der Waals surface area contributed by atoms with Gasteiger partial charge in [0.2, 0.25) is 0 Å². The standard InChI is InChI=1S/C19H27NO4/c1-13-5-4-6-17(14(13)2)20-18(21)12-24-19(22)16-9-7-15(8-10-16)11-23-3/h7-10,13-14,17H,4-6,11-12H2,1-3H3,(H,20,21)/t13-,14+,17+/m0/s1. The van der Waals surface area contributed by atoms with Crippen molar-refractivity contribution in [3.8, 4) is 0 Å². The summed E-state index contributed by atoms with van der Waals surface area (Å²) in [7, 11) is 1.62. The third-order valence-corrected chi connectivity index (χ3v) is 4.89. The van der Waals surface area contributed by atoms with E-state index < -0.39 is 5.97 Å². The fraction of sp³-hybridized carbons (Fsp3) is 0.579. The van der Waals surface area contributed by atoms with Gasteiger partial charge in [0.15, 0.2) is 6.61 Å². The van der Waals surface area contributed by atoms with Crippen molar-refractivity contribution in [2.24, 2.45) is 11.8 Å². The molecule has 1 amide bonds. The third kappa shape index (κ3) is 5.06. The molecule has 1 aromatic carbocycles. The second-order valence-electron chi connectivity index (χ2n) is 6.65. The van der Waals surface area contributed by atoms with Gasteiger partial charge < -0.3 is 14.8 Å². The van der Waals surface area contributed by atoms with Crippen molar-refractivity contribution in [3.63, 3.8) is 0 Å². The van der Waals surface area contributed by atoms with Crippen LogP contribution in [0.4, 0.5) is 0 Å². The Balaban J connectivity index is 1.79. The van der Waals surface area contributed by atoms with E-state index in [2.05, 4.69) is 19.2 Å². The maximum Gasteiger partial charge on any atom is 0.338 e. The van der Waals surface area contributed by atoms with E-state index in [0.717, 1.165) is 18.4 Å². The Hall–Kier alpha value is -1.88. The van der Waals surface area contributed by atoms with Crippen molar-refractivity contribution in [1.82, 2.24) is 5.32 Å². The minimum Gasteiger partial charge on any atom is -0.452 e. The number of carbonyl (C=O) groups excluding carboxylic acids is 2. The van der Waals surface area contributed by atoms with E-state index in [1.807, 2.05) is 12.1 Å². The largest absolute Gasteiger partial charge is 0.452 e. The Morgan fingerprint density at radius 3 is 2.54 bits per heavy atom. The van der Waals surface area contributed by atoms with Crippen LogP contribution in [0.1, 0.15) is 49.0 Å². The summed E-state index contributed by atoms with van der Waals surface area (Å²) >= 11 is 0. The number of hydrogen-bond acceptors (Lipinski definition) is 4. The maximum absolute atomic E-state index is 12.0. The SMILES string of the molecule is COCc1ccc(C(=O)OCC(=O)N[C@@H]2CCC[C@H](C)[C@H]2C)cc1. The molecule has 5 nitrogen and oxygen atoms in total. The lowest BCUT2D eigenvalue weighted by Gasteiger charge is -2.34. The highest BCUT2D eigenvalue weighted by Crippen LogP contribution is 2.29. The summed E-state index contributed by atoms with van der Waals surface area (Å²) in [6.07, 6.45) is 3.33. The predicted molar refractivity (Wildman–Crippen MR) is 91.5 cm³/mol. The molecule has 0 saturated heterocycles. The molecule has 0 radical (unpaired) electrons. The quantitative estimate of drug-likeness (QED) is 0.813. The topological polar surface area (TPSA) is 64.6 Å². The molecule has 1 aliphatic rings. The van der Waals surface area contributed by atoms with Crippen LogP contribution in [-0.4, -0.2) is 31.6 Å². The normalized spacial score (nSPS) is 23.5. The van der Waals surface area contributed by atoms with Gasteiger partial charge in [-0.3, -0.25) is 4.79 Å². The van der Waals surface area contributed by atoms with Crippen LogP contribution >= 0.6 is 0 Å². The fourth-order valence-electron chi connectivity index (χ4n) is 3.15. The van der Waals surface area contributed by atoms with Crippen LogP contribution < -0.4 is 5.32 Å². The molecule has 1 aliphatic carbocycles. The highest BCUT2D eigenvalue weighted by molar-refractivity contribution is 5.91. The second-order valence-corrected chi connectivity index (χ2v) is 6.65. The van der Waals surface area contributed by atoms with Gasteiger partial charge in [-0.2, -0.15) is 0 Å². The Kier molecular flexibility index (Phi) is 6.79. The smallest absolute Gasteiger partial charge is 0.338 e. The fourth-order valence-corrected chi connectivity index (χ4v) is 3.15.